The lowest BCUT2D eigenvalue weighted by Gasteiger charge is -2.26. The first kappa shape index (κ1) is 24.3. The fourth-order valence-corrected chi connectivity index (χ4v) is 5.10. The normalized spacial score (nSPS) is 18.6. The summed E-state index contributed by atoms with van der Waals surface area (Å²) in [6.07, 6.45) is 7.88. The van der Waals surface area contributed by atoms with E-state index in [2.05, 4.69) is 6.92 Å². The molecule has 0 aliphatic heterocycles. The van der Waals surface area contributed by atoms with Gasteiger partial charge in [-0.15, -0.1) is 0 Å². The van der Waals surface area contributed by atoms with E-state index in [1.54, 1.807) is 30.3 Å². The monoisotopic (exact) mass is 462 g/mol. The second kappa shape index (κ2) is 11.1. The van der Waals surface area contributed by atoms with E-state index in [0.717, 1.165) is 29.9 Å². The first-order valence-electron chi connectivity index (χ1n) is 12.4. The molecule has 3 aromatic carbocycles. The van der Waals surface area contributed by atoms with Crippen molar-refractivity contribution in [2.24, 2.45) is 11.8 Å². The summed E-state index contributed by atoms with van der Waals surface area (Å²) in [6.45, 7) is 4.25. The van der Waals surface area contributed by atoms with Crippen LogP contribution in [0.3, 0.4) is 0 Å². The van der Waals surface area contributed by atoms with E-state index in [1.807, 2.05) is 49.4 Å². The summed E-state index contributed by atoms with van der Waals surface area (Å²) < 4.78 is 43.2. The molecule has 3 heteroatoms. The molecule has 1 saturated carbocycles. The number of aryl methyl sites for hydroxylation is 1. The van der Waals surface area contributed by atoms with Crippen LogP contribution in [0.4, 0.5) is 13.2 Å². The molecule has 1 aliphatic carbocycles. The van der Waals surface area contributed by atoms with Crippen molar-refractivity contribution in [1.82, 2.24) is 0 Å². The predicted octanol–water partition coefficient (Wildman–Crippen LogP) is 10.0. The van der Waals surface area contributed by atoms with Crippen molar-refractivity contribution in [3.63, 3.8) is 0 Å². The summed E-state index contributed by atoms with van der Waals surface area (Å²) in [4.78, 5) is 0. The highest BCUT2D eigenvalue weighted by Crippen LogP contribution is 2.36. The van der Waals surface area contributed by atoms with Gasteiger partial charge in [-0.05, 0) is 66.7 Å². The van der Waals surface area contributed by atoms with Gasteiger partial charge in [0.15, 0.2) is 0 Å². The van der Waals surface area contributed by atoms with Crippen LogP contribution in [0.2, 0.25) is 0 Å². The predicted molar refractivity (Wildman–Crippen MR) is 136 cm³/mol. The third-order valence-corrected chi connectivity index (χ3v) is 7.15. The first-order chi connectivity index (χ1) is 16.5. The zero-order valence-corrected chi connectivity index (χ0v) is 20.0. The van der Waals surface area contributed by atoms with E-state index in [9.17, 15) is 8.78 Å². The summed E-state index contributed by atoms with van der Waals surface area (Å²) >= 11 is 0. The highest BCUT2D eigenvalue weighted by molar-refractivity contribution is 5.73. The van der Waals surface area contributed by atoms with E-state index in [4.69, 9.17) is 0 Å². The van der Waals surface area contributed by atoms with Crippen molar-refractivity contribution in [2.75, 3.05) is 0 Å². The van der Waals surface area contributed by atoms with E-state index in [-0.39, 0.29) is 11.1 Å². The molecule has 1 fully saturated rings. The first-order valence-corrected chi connectivity index (χ1v) is 12.4. The highest BCUT2D eigenvalue weighted by atomic mass is 19.3. The van der Waals surface area contributed by atoms with Crippen LogP contribution in [-0.2, 0) is 0 Å². The third-order valence-electron chi connectivity index (χ3n) is 7.15. The lowest BCUT2D eigenvalue weighted by molar-refractivity contribution is 0.146. The maximum absolute atomic E-state index is 15.3. The lowest BCUT2D eigenvalue weighted by atomic mass is 9.80. The van der Waals surface area contributed by atoms with Crippen LogP contribution in [0, 0.1) is 24.6 Å². The number of allylic oxidation sites excluding steroid dienone is 1. The van der Waals surface area contributed by atoms with Gasteiger partial charge < -0.3 is 0 Å². The number of rotatable bonds is 7. The van der Waals surface area contributed by atoms with E-state index >= 15 is 4.39 Å². The minimum absolute atomic E-state index is 0.211. The molecule has 0 saturated heterocycles. The van der Waals surface area contributed by atoms with Crippen molar-refractivity contribution >= 4 is 6.08 Å². The summed E-state index contributed by atoms with van der Waals surface area (Å²) in [5, 5.41) is 0. The second-order valence-electron chi connectivity index (χ2n) is 9.60. The Labute approximate surface area is 201 Å². The molecule has 0 atom stereocenters. The van der Waals surface area contributed by atoms with Gasteiger partial charge in [-0.3, -0.25) is 0 Å². The minimum atomic E-state index is -2.87. The van der Waals surface area contributed by atoms with Gasteiger partial charge in [0.05, 0.1) is 5.56 Å². The molecule has 0 N–H and O–H groups in total. The van der Waals surface area contributed by atoms with Gasteiger partial charge in [0.1, 0.15) is 5.82 Å². The number of halogens is 3. The Morgan fingerprint density at radius 2 is 1.41 bits per heavy atom. The number of benzene rings is 3. The third kappa shape index (κ3) is 5.63. The van der Waals surface area contributed by atoms with Gasteiger partial charge in [-0.1, -0.05) is 98.1 Å². The molecule has 0 amide bonds. The smallest absolute Gasteiger partial charge is 0.206 e. The Kier molecular flexibility index (Phi) is 7.92. The van der Waals surface area contributed by atoms with Gasteiger partial charge in [0.2, 0.25) is 0 Å². The van der Waals surface area contributed by atoms with E-state index in [0.29, 0.717) is 11.5 Å². The second-order valence-corrected chi connectivity index (χ2v) is 9.60. The topological polar surface area (TPSA) is 0 Å². The number of hydrogen-bond acceptors (Lipinski definition) is 0. The molecule has 0 spiro atoms. The summed E-state index contributed by atoms with van der Waals surface area (Å²) in [5.74, 6) is 0.350. The number of alkyl halides is 2. The van der Waals surface area contributed by atoms with Crippen LogP contribution < -0.4 is 0 Å². The zero-order chi connectivity index (χ0) is 24.1. The zero-order valence-electron chi connectivity index (χ0n) is 20.0. The molecular formula is C31H33F3. The van der Waals surface area contributed by atoms with Crippen LogP contribution in [0.1, 0.15) is 68.6 Å². The standard InChI is InChI=1S/C31H33F3/c1-3-4-22-7-9-23(10-8-22)11-14-27-19-20-28(30(32)29(27)31(33)34)26-17-15-25(16-18-26)24-12-5-21(2)6-13-24/h5-6,11-20,22-23,31H,3-4,7-10H2,1-2H3/b14-11+. The quantitative estimate of drug-likeness (QED) is 0.328. The van der Waals surface area contributed by atoms with Crippen LogP contribution in [0.15, 0.2) is 66.7 Å². The van der Waals surface area contributed by atoms with Crippen LogP contribution in [-0.4, -0.2) is 0 Å². The average Bonchev–Trinajstić information content (AvgIpc) is 2.84. The highest BCUT2D eigenvalue weighted by Gasteiger charge is 2.22. The van der Waals surface area contributed by atoms with Crippen LogP contribution in [0.5, 0.6) is 0 Å². The van der Waals surface area contributed by atoms with Crippen molar-refractivity contribution in [1.29, 1.82) is 0 Å². The molecule has 0 aromatic heterocycles. The number of hydrogen-bond donors (Lipinski definition) is 0. The van der Waals surface area contributed by atoms with E-state index in [1.165, 1.54) is 31.2 Å². The molecular weight excluding hydrogens is 429 g/mol. The Morgan fingerprint density at radius 3 is 2.00 bits per heavy atom. The Balaban J connectivity index is 1.55. The fraction of sp³-hybridized carbons (Fsp3) is 0.355. The maximum atomic E-state index is 15.3. The fourth-order valence-electron chi connectivity index (χ4n) is 5.10. The van der Waals surface area contributed by atoms with Gasteiger partial charge in [0, 0.05) is 5.56 Å². The minimum Gasteiger partial charge on any atom is -0.206 e. The Hall–Kier alpha value is -2.81. The molecule has 0 bridgehead atoms. The summed E-state index contributed by atoms with van der Waals surface area (Å²) in [5.41, 5.74) is 3.84. The molecule has 0 heterocycles. The molecule has 4 rings (SSSR count). The van der Waals surface area contributed by atoms with E-state index < -0.39 is 17.8 Å². The SMILES string of the molecule is CCCC1CCC(/C=C/c2ccc(-c3ccc(-c4ccc(C)cc4)cc3)c(F)c2C(F)F)CC1. The van der Waals surface area contributed by atoms with Crippen LogP contribution in [0.25, 0.3) is 28.3 Å². The molecule has 34 heavy (non-hydrogen) atoms. The van der Waals surface area contributed by atoms with Gasteiger partial charge in [-0.2, -0.15) is 0 Å². The molecule has 0 radical (unpaired) electrons. The maximum Gasteiger partial charge on any atom is 0.267 e. The van der Waals surface area contributed by atoms with Crippen molar-refractivity contribution < 1.29 is 13.2 Å². The van der Waals surface area contributed by atoms with Gasteiger partial charge >= 0.3 is 0 Å². The van der Waals surface area contributed by atoms with Crippen molar-refractivity contribution in [3.05, 3.63) is 89.2 Å². The van der Waals surface area contributed by atoms with Crippen molar-refractivity contribution in [3.8, 4) is 22.3 Å². The lowest BCUT2D eigenvalue weighted by Crippen LogP contribution is -2.12. The summed E-state index contributed by atoms with van der Waals surface area (Å²) in [6, 6.07) is 18.8. The molecule has 3 aromatic rings. The van der Waals surface area contributed by atoms with Crippen molar-refractivity contribution in [2.45, 2.75) is 58.8 Å². The molecule has 0 nitrogen and oxygen atoms in total. The average molecular weight is 463 g/mol. The van der Waals surface area contributed by atoms with Gasteiger partial charge in [-0.25, -0.2) is 13.2 Å². The Morgan fingerprint density at radius 1 is 0.824 bits per heavy atom. The Bertz CT molecular complexity index is 1100. The largest absolute Gasteiger partial charge is 0.267 e. The molecule has 1 aliphatic rings. The van der Waals surface area contributed by atoms with Crippen LogP contribution >= 0.6 is 0 Å². The summed E-state index contributed by atoms with van der Waals surface area (Å²) in [7, 11) is 0. The molecule has 178 valence electrons. The molecule has 0 unspecified atom stereocenters. The van der Waals surface area contributed by atoms with Gasteiger partial charge in [0.25, 0.3) is 6.43 Å².